The van der Waals surface area contributed by atoms with E-state index in [4.69, 9.17) is 9.47 Å². The molecule has 1 aromatic rings. The topological polar surface area (TPSA) is 55.8 Å². The van der Waals surface area contributed by atoms with E-state index in [0.717, 1.165) is 5.56 Å². The Kier molecular flexibility index (Phi) is 4.62. The Morgan fingerprint density at radius 2 is 1.92 bits per heavy atom. The smallest absolute Gasteiger partial charge is 0.328 e. The van der Waals surface area contributed by atoms with Crippen LogP contribution in [0.5, 0.6) is 5.75 Å². The van der Waals surface area contributed by atoms with Crippen LogP contribution in [0.25, 0.3) is 0 Å². The molecule has 3 rings (SSSR count). The van der Waals surface area contributed by atoms with Crippen LogP contribution in [0.1, 0.15) is 46.1 Å². The molecule has 5 heteroatoms. The van der Waals surface area contributed by atoms with Crippen LogP contribution < -0.4 is 4.74 Å². The van der Waals surface area contributed by atoms with Crippen molar-refractivity contribution in [3.8, 4) is 5.75 Å². The highest BCUT2D eigenvalue weighted by molar-refractivity contribution is 6.08. The Labute approximate surface area is 149 Å². The molecule has 25 heavy (non-hydrogen) atoms. The highest BCUT2D eigenvalue weighted by Gasteiger charge is 2.77. The lowest BCUT2D eigenvalue weighted by Gasteiger charge is -2.63. The molecule has 3 atom stereocenters. The second-order valence-electron chi connectivity index (χ2n) is 6.74. The molecule has 0 N–H and O–H groups in total. The van der Waals surface area contributed by atoms with Gasteiger partial charge in [-0.25, -0.2) is 0 Å². The highest BCUT2D eigenvalue weighted by atomic mass is 16.5. The molecule has 1 heterocycles. The number of fused-ring (bicyclic) bond motifs is 3. The fourth-order valence-corrected chi connectivity index (χ4v) is 4.83. The average molecular weight is 345 g/mol. The van der Waals surface area contributed by atoms with E-state index in [1.54, 1.807) is 11.0 Å². The van der Waals surface area contributed by atoms with Gasteiger partial charge < -0.3 is 14.4 Å². The minimum atomic E-state index is -1.18. The van der Waals surface area contributed by atoms with Gasteiger partial charge in [0.2, 0.25) is 5.91 Å². The number of para-hydroxylation sites is 1. The lowest BCUT2D eigenvalue weighted by Crippen LogP contribution is -2.76. The van der Waals surface area contributed by atoms with Crippen LogP contribution in [0.4, 0.5) is 0 Å². The summed E-state index contributed by atoms with van der Waals surface area (Å²) in [4.78, 5) is 28.3. The maximum absolute atomic E-state index is 13.4. The van der Waals surface area contributed by atoms with Crippen molar-refractivity contribution < 1.29 is 19.1 Å². The van der Waals surface area contributed by atoms with E-state index in [-0.39, 0.29) is 12.0 Å². The van der Waals surface area contributed by atoms with Gasteiger partial charge in [0, 0.05) is 31.7 Å². The van der Waals surface area contributed by atoms with Crippen molar-refractivity contribution in [3.63, 3.8) is 0 Å². The molecule has 0 radical (unpaired) electrons. The first-order valence-corrected chi connectivity index (χ1v) is 9.26. The number of benzene rings is 1. The summed E-state index contributed by atoms with van der Waals surface area (Å²) in [7, 11) is 0. The van der Waals surface area contributed by atoms with Gasteiger partial charge in [-0.3, -0.25) is 9.59 Å². The lowest BCUT2D eigenvalue weighted by atomic mass is 9.42. The lowest BCUT2D eigenvalue weighted by molar-refractivity contribution is -0.209. The number of carbonyl (C=O) groups excluding carboxylic acids is 2. The standard InChI is InChI=1S/C20H27NO4/c1-5-19-14-11-9-10-12-15(14)25-18(23)20(19,13-16(19)24-8-4)17(22)21(6-2)7-3/h9-12,16H,5-8,13H2,1-4H3/t16-,19?,20?/m1/s1. The molecular weight excluding hydrogens is 318 g/mol. The fraction of sp³-hybridized carbons (Fsp3) is 0.600. The van der Waals surface area contributed by atoms with E-state index in [1.165, 1.54) is 0 Å². The molecule has 1 aromatic carbocycles. The van der Waals surface area contributed by atoms with Crippen molar-refractivity contribution in [2.24, 2.45) is 5.41 Å². The van der Waals surface area contributed by atoms with Crippen LogP contribution in [0.15, 0.2) is 24.3 Å². The molecular formula is C20H27NO4. The van der Waals surface area contributed by atoms with Crippen LogP contribution in [0, 0.1) is 5.41 Å². The van der Waals surface area contributed by atoms with Crippen LogP contribution in [-0.2, 0) is 19.7 Å². The summed E-state index contributed by atoms with van der Waals surface area (Å²) in [5.74, 6) is -0.00238. The summed E-state index contributed by atoms with van der Waals surface area (Å²) in [5.41, 5.74) is -0.918. The van der Waals surface area contributed by atoms with E-state index < -0.39 is 16.8 Å². The monoisotopic (exact) mass is 345 g/mol. The quantitative estimate of drug-likeness (QED) is 0.452. The number of carbonyl (C=O) groups is 2. The Hall–Kier alpha value is -1.88. The van der Waals surface area contributed by atoms with E-state index in [2.05, 4.69) is 0 Å². The van der Waals surface area contributed by atoms with Gasteiger partial charge in [0.1, 0.15) is 5.75 Å². The normalized spacial score (nSPS) is 29.9. The number of nitrogens with zero attached hydrogens (tertiary/aromatic N) is 1. The molecule has 1 amide bonds. The first-order chi connectivity index (χ1) is 12.0. The van der Waals surface area contributed by atoms with Crippen molar-refractivity contribution in [2.75, 3.05) is 19.7 Å². The van der Waals surface area contributed by atoms with Crippen LogP contribution in [0.2, 0.25) is 0 Å². The molecule has 1 aliphatic carbocycles. The first kappa shape index (κ1) is 17.9. The number of esters is 1. The Balaban J connectivity index is 2.20. The Bertz CT molecular complexity index is 684. The number of amides is 1. The number of ether oxygens (including phenoxy) is 2. The van der Waals surface area contributed by atoms with Crippen molar-refractivity contribution in [2.45, 2.75) is 52.1 Å². The molecule has 0 aromatic heterocycles. The summed E-state index contributed by atoms with van der Waals surface area (Å²) in [6.45, 7) is 9.56. The van der Waals surface area contributed by atoms with Gasteiger partial charge in [0.05, 0.1) is 11.5 Å². The third kappa shape index (κ3) is 2.11. The summed E-state index contributed by atoms with van der Waals surface area (Å²) < 4.78 is 11.6. The van der Waals surface area contributed by atoms with Gasteiger partial charge in [0.25, 0.3) is 0 Å². The zero-order valence-corrected chi connectivity index (χ0v) is 15.5. The Morgan fingerprint density at radius 1 is 1.24 bits per heavy atom. The van der Waals surface area contributed by atoms with Gasteiger partial charge in [0.15, 0.2) is 5.41 Å². The second kappa shape index (κ2) is 6.45. The molecule has 136 valence electrons. The zero-order chi connectivity index (χ0) is 18.2. The molecule has 1 saturated carbocycles. The van der Waals surface area contributed by atoms with Crippen molar-refractivity contribution in [1.82, 2.24) is 4.90 Å². The van der Waals surface area contributed by atoms with Crippen molar-refractivity contribution in [3.05, 3.63) is 29.8 Å². The largest absolute Gasteiger partial charge is 0.425 e. The highest BCUT2D eigenvalue weighted by Crippen LogP contribution is 2.66. The third-order valence-corrected chi connectivity index (χ3v) is 6.06. The number of hydrogen-bond acceptors (Lipinski definition) is 4. The molecule has 0 saturated heterocycles. The van der Waals surface area contributed by atoms with Gasteiger partial charge in [-0.05, 0) is 33.3 Å². The fourth-order valence-electron chi connectivity index (χ4n) is 4.83. The summed E-state index contributed by atoms with van der Waals surface area (Å²) in [6.07, 6.45) is 0.879. The van der Waals surface area contributed by atoms with Crippen molar-refractivity contribution >= 4 is 11.9 Å². The van der Waals surface area contributed by atoms with Gasteiger partial charge in [-0.2, -0.15) is 0 Å². The molecule has 5 nitrogen and oxygen atoms in total. The van der Waals surface area contributed by atoms with E-state index in [1.807, 2.05) is 45.9 Å². The van der Waals surface area contributed by atoms with Crippen molar-refractivity contribution in [1.29, 1.82) is 0 Å². The molecule has 1 fully saturated rings. The average Bonchev–Trinajstić information content (AvgIpc) is 2.60. The van der Waals surface area contributed by atoms with Crippen LogP contribution in [-0.4, -0.2) is 42.6 Å². The molecule has 0 spiro atoms. The van der Waals surface area contributed by atoms with Crippen LogP contribution >= 0.6 is 0 Å². The minimum Gasteiger partial charge on any atom is -0.425 e. The molecule has 2 aliphatic rings. The SMILES string of the molecule is CCO[C@@H]1CC2(C(=O)N(CC)CC)C(=O)Oc3ccccc3C12CC. The minimum absolute atomic E-state index is 0.130. The molecule has 2 unspecified atom stereocenters. The third-order valence-electron chi connectivity index (χ3n) is 6.06. The number of rotatable bonds is 6. The maximum atomic E-state index is 13.4. The summed E-state index contributed by atoms with van der Waals surface area (Å²) in [5, 5.41) is 0. The van der Waals surface area contributed by atoms with E-state index in [9.17, 15) is 9.59 Å². The zero-order valence-electron chi connectivity index (χ0n) is 15.5. The molecule has 0 bridgehead atoms. The first-order valence-electron chi connectivity index (χ1n) is 9.26. The van der Waals surface area contributed by atoms with Gasteiger partial charge >= 0.3 is 5.97 Å². The Morgan fingerprint density at radius 3 is 2.52 bits per heavy atom. The number of hydrogen-bond donors (Lipinski definition) is 0. The predicted molar refractivity (Wildman–Crippen MR) is 94.4 cm³/mol. The maximum Gasteiger partial charge on any atom is 0.328 e. The van der Waals surface area contributed by atoms with Crippen LogP contribution in [0.3, 0.4) is 0 Å². The molecule has 1 aliphatic heterocycles. The summed E-state index contributed by atoms with van der Waals surface area (Å²) >= 11 is 0. The summed E-state index contributed by atoms with van der Waals surface area (Å²) in [6, 6.07) is 7.56. The van der Waals surface area contributed by atoms with Gasteiger partial charge in [-0.15, -0.1) is 0 Å². The van der Waals surface area contributed by atoms with Gasteiger partial charge in [-0.1, -0.05) is 25.1 Å². The predicted octanol–water partition coefficient (Wildman–Crippen LogP) is 2.92. The second-order valence-corrected chi connectivity index (χ2v) is 6.74. The van der Waals surface area contributed by atoms with E-state index in [0.29, 0.717) is 38.3 Å². The van der Waals surface area contributed by atoms with E-state index >= 15 is 0 Å².